The first-order valence-electron chi connectivity index (χ1n) is 6.20. The van der Waals surface area contributed by atoms with Crippen LogP contribution in [0.25, 0.3) is 0 Å². The number of nitro groups is 1. The quantitative estimate of drug-likeness (QED) is 0.483. The molecular formula is C12H15ClN4O4. The number of likely N-dealkylation sites (N-methyl/N-ethyl adjacent to an activating group) is 1. The molecule has 9 heteroatoms. The molecule has 0 atom stereocenters. The third-order valence-corrected chi connectivity index (χ3v) is 2.96. The van der Waals surface area contributed by atoms with Crippen LogP contribution in [0.1, 0.15) is 23.7 Å². The minimum absolute atomic E-state index is 0.0942. The van der Waals surface area contributed by atoms with Gasteiger partial charge in [-0.25, -0.2) is 4.98 Å². The molecule has 1 heterocycles. The predicted molar refractivity (Wildman–Crippen MR) is 76.2 cm³/mol. The van der Waals surface area contributed by atoms with Crippen LogP contribution in [-0.4, -0.2) is 46.8 Å². The summed E-state index contributed by atoms with van der Waals surface area (Å²) in [5, 5.41) is 13.0. The summed E-state index contributed by atoms with van der Waals surface area (Å²) in [6, 6.07) is 1.06. The molecule has 1 N–H and O–H groups in total. The summed E-state index contributed by atoms with van der Waals surface area (Å²) in [4.78, 5) is 38.8. The highest BCUT2D eigenvalue weighted by molar-refractivity contribution is 6.32. The first kappa shape index (κ1) is 16.8. The van der Waals surface area contributed by atoms with Gasteiger partial charge >= 0.3 is 0 Å². The normalized spacial score (nSPS) is 10.0. The van der Waals surface area contributed by atoms with Gasteiger partial charge in [-0.15, -0.1) is 0 Å². The molecule has 0 spiro atoms. The molecule has 1 aromatic heterocycles. The number of hydrogen-bond donors (Lipinski definition) is 1. The van der Waals surface area contributed by atoms with E-state index >= 15 is 0 Å². The van der Waals surface area contributed by atoms with Crippen LogP contribution in [0.5, 0.6) is 0 Å². The topological polar surface area (TPSA) is 105 Å². The maximum absolute atomic E-state index is 12.4. The van der Waals surface area contributed by atoms with Gasteiger partial charge in [-0.05, 0) is 6.42 Å². The van der Waals surface area contributed by atoms with Crippen molar-refractivity contribution in [2.75, 3.05) is 20.1 Å². The number of nitrogens with zero attached hydrogens (tertiary/aromatic N) is 3. The number of hydrogen-bond acceptors (Lipinski definition) is 5. The van der Waals surface area contributed by atoms with E-state index in [0.717, 1.165) is 12.3 Å². The van der Waals surface area contributed by atoms with Gasteiger partial charge in [0.25, 0.3) is 11.6 Å². The van der Waals surface area contributed by atoms with E-state index in [1.54, 1.807) is 0 Å². The molecule has 0 saturated carbocycles. The van der Waals surface area contributed by atoms with Gasteiger partial charge in [0.05, 0.1) is 17.0 Å². The lowest BCUT2D eigenvalue weighted by molar-refractivity contribution is -0.385. The molecule has 2 amide bonds. The van der Waals surface area contributed by atoms with E-state index in [0.29, 0.717) is 13.0 Å². The third kappa shape index (κ3) is 4.38. The van der Waals surface area contributed by atoms with Gasteiger partial charge in [0.15, 0.2) is 0 Å². The zero-order valence-electron chi connectivity index (χ0n) is 11.6. The van der Waals surface area contributed by atoms with Crippen LogP contribution in [0.3, 0.4) is 0 Å². The van der Waals surface area contributed by atoms with Crippen molar-refractivity contribution in [3.8, 4) is 0 Å². The Morgan fingerprint density at radius 2 is 2.19 bits per heavy atom. The second-order valence-electron chi connectivity index (χ2n) is 4.19. The van der Waals surface area contributed by atoms with E-state index in [9.17, 15) is 19.7 Å². The van der Waals surface area contributed by atoms with Crippen molar-refractivity contribution in [3.63, 3.8) is 0 Å². The van der Waals surface area contributed by atoms with Crippen molar-refractivity contribution < 1.29 is 14.5 Å². The molecule has 0 aliphatic rings. The standard InChI is InChI=1S/C12H15ClN4O4/c1-3-4-16(7-10(18)14-2)12(19)9-5-8(17(20)21)6-15-11(9)13/h5-6H,3-4,7H2,1-2H3,(H,14,18). The molecule has 8 nitrogen and oxygen atoms in total. The number of halogens is 1. The number of carbonyl (C=O) groups excluding carboxylic acids is 2. The Morgan fingerprint density at radius 1 is 1.52 bits per heavy atom. The van der Waals surface area contributed by atoms with Crippen LogP contribution in [-0.2, 0) is 4.79 Å². The maximum Gasteiger partial charge on any atom is 0.288 e. The van der Waals surface area contributed by atoms with E-state index in [1.807, 2.05) is 6.92 Å². The summed E-state index contributed by atoms with van der Waals surface area (Å²) < 4.78 is 0. The summed E-state index contributed by atoms with van der Waals surface area (Å²) in [6.45, 7) is 2.02. The molecule has 0 unspecified atom stereocenters. The Balaban J connectivity index is 3.10. The van der Waals surface area contributed by atoms with Crippen LogP contribution in [0.2, 0.25) is 5.15 Å². The molecule has 0 aliphatic carbocycles. The fraction of sp³-hybridized carbons (Fsp3) is 0.417. The van der Waals surface area contributed by atoms with Crippen molar-refractivity contribution in [2.45, 2.75) is 13.3 Å². The highest BCUT2D eigenvalue weighted by Gasteiger charge is 2.23. The summed E-state index contributed by atoms with van der Waals surface area (Å²) in [7, 11) is 1.46. The van der Waals surface area contributed by atoms with Crippen molar-refractivity contribution in [2.24, 2.45) is 0 Å². The van der Waals surface area contributed by atoms with Gasteiger partial charge in [-0.1, -0.05) is 18.5 Å². The zero-order valence-corrected chi connectivity index (χ0v) is 12.4. The monoisotopic (exact) mass is 314 g/mol. The first-order valence-corrected chi connectivity index (χ1v) is 6.58. The molecule has 0 fully saturated rings. The summed E-state index contributed by atoms with van der Waals surface area (Å²) in [5.74, 6) is -0.909. The Labute approximate surface area is 126 Å². The van der Waals surface area contributed by atoms with Gasteiger partial charge in [-0.2, -0.15) is 0 Å². The van der Waals surface area contributed by atoms with E-state index in [4.69, 9.17) is 11.6 Å². The summed E-state index contributed by atoms with van der Waals surface area (Å²) in [5.41, 5.74) is -0.428. The molecule has 0 radical (unpaired) electrons. The number of rotatable bonds is 6. The van der Waals surface area contributed by atoms with Gasteiger partial charge in [0.2, 0.25) is 5.91 Å². The fourth-order valence-electron chi connectivity index (χ4n) is 1.63. The lowest BCUT2D eigenvalue weighted by Crippen LogP contribution is -2.40. The largest absolute Gasteiger partial charge is 0.358 e. The lowest BCUT2D eigenvalue weighted by Gasteiger charge is -2.21. The van der Waals surface area contributed by atoms with Crippen LogP contribution in [0.15, 0.2) is 12.3 Å². The lowest BCUT2D eigenvalue weighted by atomic mass is 10.2. The van der Waals surface area contributed by atoms with E-state index in [2.05, 4.69) is 10.3 Å². The van der Waals surface area contributed by atoms with Crippen molar-refractivity contribution in [3.05, 3.63) is 33.1 Å². The minimum atomic E-state index is -0.664. The number of carbonyl (C=O) groups is 2. The maximum atomic E-state index is 12.4. The summed E-state index contributed by atoms with van der Waals surface area (Å²) in [6.07, 6.45) is 1.60. The molecular weight excluding hydrogens is 300 g/mol. The van der Waals surface area contributed by atoms with Crippen molar-refractivity contribution in [1.29, 1.82) is 0 Å². The Hall–Kier alpha value is -2.22. The number of aromatic nitrogens is 1. The molecule has 0 saturated heterocycles. The average molecular weight is 315 g/mol. The molecule has 0 aliphatic heterocycles. The second kappa shape index (κ2) is 7.53. The summed E-state index contributed by atoms with van der Waals surface area (Å²) >= 11 is 5.83. The molecule has 1 aromatic rings. The van der Waals surface area contributed by atoms with E-state index in [-0.39, 0.29) is 28.9 Å². The van der Waals surface area contributed by atoms with Crippen molar-refractivity contribution in [1.82, 2.24) is 15.2 Å². The van der Waals surface area contributed by atoms with Gasteiger partial charge in [0.1, 0.15) is 11.3 Å². The molecule has 0 aromatic carbocycles. The van der Waals surface area contributed by atoms with Crippen LogP contribution >= 0.6 is 11.6 Å². The molecule has 21 heavy (non-hydrogen) atoms. The SMILES string of the molecule is CCCN(CC(=O)NC)C(=O)c1cc([N+](=O)[O-])cnc1Cl. The smallest absolute Gasteiger partial charge is 0.288 e. The Kier molecular flexibility index (Phi) is 6.04. The highest BCUT2D eigenvalue weighted by atomic mass is 35.5. The number of nitrogens with one attached hydrogen (secondary N) is 1. The van der Waals surface area contributed by atoms with Crippen LogP contribution in [0, 0.1) is 10.1 Å². The highest BCUT2D eigenvalue weighted by Crippen LogP contribution is 2.20. The van der Waals surface area contributed by atoms with Gasteiger partial charge in [-0.3, -0.25) is 19.7 Å². The molecule has 1 rings (SSSR count). The fourth-order valence-corrected chi connectivity index (χ4v) is 1.82. The van der Waals surface area contributed by atoms with E-state index < -0.39 is 10.8 Å². The number of pyridine rings is 1. The Morgan fingerprint density at radius 3 is 2.71 bits per heavy atom. The van der Waals surface area contributed by atoms with Gasteiger partial charge < -0.3 is 10.2 Å². The van der Waals surface area contributed by atoms with Crippen LogP contribution < -0.4 is 5.32 Å². The predicted octanol–water partition coefficient (Wildman–Crippen LogP) is 1.24. The first-order chi connectivity index (χ1) is 9.90. The zero-order chi connectivity index (χ0) is 16.0. The number of amides is 2. The molecule has 0 bridgehead atoms. The van der Waals surface area contributed by atoms with Crippen molar-refractivity contribution >= 4 is 29.1 Å². The third-order valence-electron chi connectivity index (χ3n) is 2.66. The minimum Gasteiger partial charge on any atom is -0.358 e. The van der Waals surface area contributed by atoms with Gasteiger partial charge in [0, 0.05) is 19.7 Å². The molecule has 114 valence electrons. The van der Waals surface area contributed by atoms with E-state index in [1.165, 1.54) is 11.9 Å². The van der Waals surface area contributed by atoms with Crippen LogP contribution in [0.4, 0.5) is 5.69 Å². The Bertz CT molecular complexity index is 564. The average Bonchev–Trinajstić information content (AvgIpc) is 2.46. The second-order valence-corrected chi connectivity index (χ2v) is 4.55.